The maximum Gasteiger partial charge on any atom is 0.135 e. The van der Waals surface area contributed by atoms with E-state index in [1.807, 2.05) is 12.1 Å². The maximum absolute atomic E-state index is 5.83. The summed E-state index contributed by atoms with van der Waals surface area (Å²) in [5.41, 5.74) is 1.24. The lowest BCUT2D eigenvalue weighted by Gasteiger charge is -2.17. The van der Waals surface area contributed by atoms with Crippen molar-refractivity contribution in [3.8, 4) is 11.5 Å². The van der Waals surface area contributed by atoms with E-state index in [1.165, 1.54) is 16.3 Å². The van der Waals surface area contributed by atoms with Crippen LogP contribution in [0.5, 0.6) is 11.5 Å². The molecule has 0 atom stereocenters. The predicted molar refractivity (Wildman–Crippen MR) is 96.8 cm³/mol. The van der Waals surface area contributed by atoms with E-state index in [2.05, 4.69) is 49.4 Å². The summed E-state index contributed by atoms with van der Waals surface area (Å²) in [6, 6.07) is 18.9. The van der Waals surface area contributed by atoms with Gasteiger partial charge in [-0.3, -0.25) is 0 Å². The van der Waals surface area contributed by atoms with Crippen LogP contribution in [-0.4, -0.2) is 14.2 Å². The zero-order valence-corrected chi connectivity index (χ0v) is 13.5. The van der Waals surface area contributed by atoms with Gasteiger partial charge in [0.05, 0.1) is 14.2 Å². The Bertz CT molecular complexity index is 1050. The summed E-state index contributed by atoms with van der Waals surface area (Å²) < 4.78 is 11.6. The Morgan fingerprint density at radius 2 is 1.13 bits per heavy atom. The molecule has 4 aromatic carbocycles. The van der Waals surface area contributed by atoms with E-state index < -0.39 is 0 Å². The van der Waals surface area contributed by atoms with Crippen LogP contribution in [-0.2, 0) is 0 Å². The van der Waals surface area contributed by atoms with Crippen LogP contribution in [0.25, 0.3) is 32.3 Å². The van der Waals surface area contributed by atoms with Crippen molar-refractivity contribution in [2.24, 2.45) is 0 Å². The third kappa shape index (κ3) is 1.88. The molecule has 0 aliphatic carbocycles. The maximum atomic E-state index is 5.83. The van der Waals surface area contributed by atoms with Gasteiger partial charge < -0.3 is 9.47 Å². The molecule has 0 aliphatic heterocycles. The largest absolute Gasteiger partial charge is 0.495 e. The number of hydrogen-bond donors (Lipinski definition) is 0. The molecule has 0 bridgehead atoms. The van der Waals surface area contributed by atoms with Crippen molar-refractivity contribution in [2.45, 2.75) is 6.92 Å². The van der Waals surface area contributed by atoms with E-state index in [-0.39, 0.29) is 0 Å². The van der Waals surface area contributed by atoms with Gasteiger partial charge in [-0.1, -0.05) is 48.5 Å². The number of ether oxygens (including phenoxy) is 2. The summed E-state index contributed by atoms with van der Waals surface area (Å²) in [4.78, 5) is 0. The first-order valence-electron chi connectivity index (χ1n) is 7.71. The van der Waals surface area contributed by atoms with Gasteiger partial charge in [-0.25, -0.2) is 0 Å². The second-order valence-electron chi connectivity index (χ2n) is 5.77. The van der Waals surface area contributed by atoms with Crippen molar-refractivity contribution in [2.75, 3.05) is 14.2 Å². The van der Waals surface area contributed by atoms with Gasteiger partial charge in [-0.2, -0.15) is 0 Å². The Balaban J connectivity index is 2.39. The highest BCUT2D eigenvalue weighted by Gasteiger charge is 2.17. The molecule has 0 aliphatic rings. The molecule has 0 N–H and O–H groups in total. The molecule has 0 fully saturated rings. The smallest absolute Gasteiger partial charge is 0.135 e. The van der Waals surface area contributed by atoms with E-state index in [0.29, 0.717) is 0 Å². The van der Waals surface area contributed by atoms with Gasteiger partial charge >= 0.3 is 0 Å². The highest BCUT2D eigenvalue weighted by atomic mass is 16.5. The molecule has 0 spiro atoms. The van der Waals surface area contributed by atoms with E-state index in [1.54, 1.807) is 14.2 Å². The van der Waals surface area contributed by atoms with Gasteiger partial charge in [-0.05, 0) is 29.3 Å². The molecule has 0 amide bonds. The minimum Gasteiger partial charge on any atom is -0.495 e. The summed E-state index contributed by atoms with van der Waals surface area (Å²) in [7, 11) is 3.47. The molecule has 0 saturated heterocycles. The molecule has 0 unspecified atom stereocenters. The second kappa shape index (κ2) is 5.17. The van der Waals surface area contributed by atoms with Gasteiger partial charge in [0.15, 0.2) is 0 Å². The minimum absolute atomic E-state index is 0.908. The molecule has 0 radical (unpaired) electrons. The molecule has 2 nitrogen and oxygen atoms in total. The van der Waals surface area contributed by atoms with Crippen molar-refractivity contribution in [3.63, 3.8) is 0 Å². The lowest BCUT2D eigenvalue weighted by atomic mass is 9.93. The summed E-state index contributed by atoms with van der Waals surface area (Å²) in [6.07, 6.45) is 0. The van der Waals surface area contributed by atoms with Crippen molar-refractivity contribution >= 4 is 32.3 Å². The first-order valence-corrected chi connectivity index (χ1v) is 7.71. The third-order valence-corrected chi connectivity index (χ3v) is 4.55. The first kappa shape index (κ1) is 13.9. The Labute approximate surface area is 135 Å². The van der Waals surface area contributed by atoms with Crippen LogP contribution in [0.1, 0.15) is 5.56 Å². The first-order chi connectivity index (χ1) is 11.3. The van der Waals surface area contributed by atoms with Gasteiger partial charge in [0.2, 0.25) is 0 Å². The number of aryl methyl sites for hydroxylation is 1. The zero-order chi connectivity index (χ0) is 16.0. The molecular formula is C21H18O2. The number of hydrogen-bond acceptors (Lipinski definition) is 2. The summed E-state index contributed by atoms with van der Waals surface area (Å²) in [5.74, 6) is 1.82. The third-order valence-electron chi connectivity index (χ3n) is 4.55. The van der Waals surface area contributed by atoms with E-state index >= 15 is 0 Å². The summed E-state index contributed by atoms with van der Waals surface area (Å²) in [5, 5.41) is 6.81. The molecule has 23 heavy (non-hydrogen) atoms. The topological polar surface area (TPSA) is 18.5 Å². The fourth-order valence-corrected chi connectivity index (χ4v) is 3.57. The van der Waals surface area contributed by atoms with Crippen LogP contribution >= 0.6 is 0 Å². The SMILES string of the molecule is COc1c2ccccc2c(OC)c2c1cc(C)c1ccccc12. The Morgan fingerprint density at radius 3 is 1.74 bits per heavy atom. The van der Waals surface area contributed by atoms with Gasteiger partial charge in [0.25, 0.3) is 0 Å². The summed E-state index contributed by atoms with van der Waals surface area (Å²) in [6.45, 7) is 2.14. The number of rotatable bonds is 2. The number of fused-ring (bicyclic) bond motifs is 4. The van der Waals surface area contributed by atoms with Crippen LogP contribution < -0.4 is 9.47 Å². The van der Waals surface area contributed by atoms with E-state index in [4.69, 9.17) is 9.47 Å². The van der Waals surface area contributed by atoms with Crippen molar-refractivity contribution in [1.29, 1.82) is 0 Å². The Kier molecular flexibility index (Phi) is 3.12. The molecule has 4 aromatic rings. The van der Waals surface area contributed by atoms with E-state index in [9.17, 15) is 0 Å². The fraction of sp³-hybridized carbons (Fsp3) is 0.143. The van der Waals surface area contributed by atoms with Crippen LogP contribution in [0, 0.1) is 6.92 Å². The zero-order valence-electron chi connectivity index (χ0n) is 13.5. The highest BCUT2D eigenvalue weighted by molar-refractivity contribution is 6.21. The molecule has 114 valence electrons. The molecule has 4 rings (SSSR count). The lowest BCUT2D eigenvalue weighted by Crippen LogP contribution is -1.94. The second-order valence-corrected chi connectivity index (χ2v) is 5.77. The Hall–Kier alpha value is -2.74. The molecule has 0 aromatic heterocycles. The predicted octanol–water partition coefficient (Wildman–Crippen LogP) is 5.47. The van der Waals surface area contributed by atoms with Crippen LogP contribution in [0.2, 0.25) is 0 Å². The molecule has 0 heterocycles. The fourth-order valence-electron chi connectivity index (χ4n) is 3.57. The standard InChI is InChI=1S/C21H18O2/c1-13-12-18-19(15-9-5-4-8-14(13)15)21(23-3)17-11-7-6-10-16(17)20(18)22-2/h4-12H,1-3H3. The van der Waals surface area contributed by atoms with Crippen LogP contribution in [0.15, 0.2) is 54.6 Å². The Morgan fingerprint density at radius 1 is 0.609 bits per heavy atom. The quantitative estimate of drug-likeness (QED) is 0.361. The number of methoxy groups -OCH3 is 2. The van der Waals surface area contributed by atoms with Crippen molar-refractivity contribution < 1.29 is 9.47 Å². The van der Waals surface area contributed by atoms with Gasteiger partial charge in [-0.15, -0.1) is 0 Å². The normalized spacial score (nSPS) is 11.3. The summed E-state index contributed by atoms with van der Waals surface area (Å²) >= 11 is 0. The van der Waals surface area contributed by atoms with Crippen LogP contribution in [0.4, 0.5) is 0 Å². The van der Waals surface area contributed by atoms with Gasteiger partial charge in [0, 0.05) is 21.5 Å². The monoisotopic (exact) mass is 302 g/mol. The minimum atomic E-state index is 0.908. The average molecular weight is 302 g/mol. The van der Waals surface area contributed by atoms with E-state index in [0.717, 1.165) is 33.0 Å². The molecule has 2 heteroatoms. The van der Waals surface area contributed by atoms with Crippen molar-refractivity contribution in [1.82, 2.24) is 0 Å². The number of benzene rings is 4. The van der Waals surface area contributed by atoms with Crippen LogP contribution in [0.3, 0.4) is 0 Å². The molecular weight excluding hydrogens is 284 g/mol. The highest BCUT2D eigenvalue weighted by Crippen LogP contribution is 2.45. The van der Waals surface area contributed by atoms with Crippen molar-refractivity contribution in [3.05, 3.63) is 60.2 Å². The lowest BCUT2D eigenvalue weighted by molar-refractivity contribution is 0.418. The molecule has 0 saturated carbocycles. The van der Waals surface area contributed by atoms with Gasteiger partial charge in [0.1, 0.15) is 11.5 Å². The average Bonchev–Trinajstić information content (AvgIpc) is 2.60.